The van der Waals surface area contributed by atoms with Crippen LogP contribution in [0.2, 0.25) is 0 Å². The molecule has 4 rings (SSSR count). The molecule has 0 aliphatic carbocycles. The molecular formula is C20H16FN3O3. The number of fused-ring (bicyclic) bond motifs is 1. The molecule has 2 amide bonds. The molecule has 0 unspecified atom stereocenters. The zero-order valence-corrected chi connectivity index (χ0v) is 14.2. The molecule has 0 spiro atoms. The van der Waals surface area contributed by atoms with Crippen LogP contribution in [0.4, 0.5) is 10.1 Å². The summed E-state index contributed by atoms with van der Waals surface area (Å²) in [5, 5.41) is 3.29. The van der Waals surface area contributed by atoms with E-state index >= 15 is 0 Å². The molecule has 7 heteroatoms. The van der Waals surface area contributed by atoms with Crippen LogP contribution in [0.3, 0.4) is 0 Å². The molecule has 2 N–H and O–H groups in total. The Hall–Kier alpha value is -3.48. The molecule has 3 aromatic rings. The number of nitrogens with one attached hydrogen (secondary N) is 2. The van der Waals surface area contributed by atoms with Crippen LogP contribution in [0.15, 0.2) is 54.7 Å². The van der Waals surface area contributed by atoms with Gasteiger partial charge in [-0.25, -0.2) is 4.39 Å². The summed E-state index contributed by atoms with van der Waals surface area (Å²) in [4.78, 5) is 41.5. The Morgan fingerprint density at radius 1 is 1.15 bits per heavy atom. The normalized spacial score (nSPS) is 16.7. The number of carbonyl (C=O) groups excluding carboxylic acids is 3. The summed E-state index contributed by atoms with van der Waals surface area (Å²) < 4.78 is 13.4. The Labute approximate surface area is 154 Å². The molecule has 2 heterocycles. The van der Waals surface area contributed by atoms with E-state index in [1.165, 1.54) is 29.3 Å². The summed E-state index contributed by atoms with van der Waals surface area (Å²) in [6.07, 6.45) is 1.56. The van der Waals surface area contributed by atoms with Crippen molar-refractivity contribution in [1.29, 1.82) is 0 Å². The maximum Gasteiger partial charge on any atom is 0.292 e. The van der Waals surface area contributed by atoms with E-state index in [4.69, 9.17) is 0 Å². The van der Waals surface area contributed by atoms with Crippen molar-refractivity contribution >= 4 is 34.2 Å². The van der Waals surface area contributed by atoms with Gasteiger partial charge < -0.3 is 15.2 Å². The lowest BCUT2D eigenvalue weighted by atomic mass is 10.1. The average molecular weight is 365 g/mol. The maximum atomic E-state index is 13.4. The first-order chi connectivity index (χ1) is 13.0. The highest BCUT2D eigenvalue weighted by Gasteiger charge is 2.33. The number of halogens is 1. The standard InChI is InChI=1S/C20H16FN3O3/c21-12-4-3-5-14(8-12)24-11-13(9-18(24)25)23-20(27)19(26)16-10-22-17-7-2-1-6-15(16)17/h1-8,10,13,22H,9,11H2,(H,23,27)/t13-/m1/s1. The number of aromatic nitrogens is 1. The third-order valence-corrected chi connectivity index (χ3v) is 4.62. The molecule has 1 fully saturated rings. The minimum absolute atomic E-state index is 0.0589. The van der Waals surface area contributed by atoms with Gasteiger partial charge in [-0.1, -0.05) is 24.3 Å². The minimum Gasteiger partial charge on any atom is -0.360 e. The fourth-order valence-electron chi connectivity index (χ4n) is 3.33. The second-order valence-electron chi connectivity index (χ2n) is 6.44. The minimum atomic E-state index is -0.765. The number of amides is 2. The van der Waals surface area contributed by atoms with Crippen LogP contribution in [-0.2, 0) is 9.59 Å². The second-order valence-corrected chi connectivity index (χ2v) is 6.44. The lowest BCUT2D eigenvalue weighted by Crippen LogP contribution is -2.40. The molecule has 0 radical (unpaired) electrons. The highest BCUT2D eigenvalue weighted by molar-refractivity contribution is 6.45. The first kappa shape index (κ1) is 17.0. The van der Waals surface area contributed by atoms with E-state index in [1.54, 1.807) is 18.2 Å². The SMILES string of the molecule is O=C(N[C@@H]1CC(=O)N(c2cccc(F)c2)C1)C(=O)c1c[nH]c2ccccc12. The van der Waals surface area contributed by atoms with Gasteiger partial charge in [0, 0.05) is 35.8 Å². The quantitative estimate of drug-likeness (QED) is 0.550. The Balaban J connectivity index is 1.47. The van der Waals surface area contributed by atoms with Gasteiger partial charge >= 0.3 is 0 Å². The topological polar surface area (TPSA) is 82.3 Å². The predicted octanol–water partition coefficient (Wildman–Crippen LogP) is 2.41. The number of benzene rings is 2. The Kier molecular flexibility index (Phi) is 4.19. The van der Waals surface area contributed by atoms with E-state index in [9.17, 15) is 18.8 Å². The van der Waals surface area contributed by atoms with Crippen molar-refractivity contribution in [2.75, 3.05) is 11.4 Å². The first-order valence-corrected chi connectivity index (χ1v) is 8.50. The summed E-state index contributed by atoms with van der Waals surface area (Å²) >= 11 is 0. The monoisotopic (exact) mass is 365 g/mol. The number of rotatable bonds is 4. The van der Waals surface area contributed by atoms with Crippen LogP contribution in [-0.4, -0.2) is 35.2 Å². The molecule has 6 nitrogen and oxygen atoms in total. The number of Topliss-reactive ketones (excluding diaryl/α,β-unsaturated/α-hetero) is 1. The van der Waals surface area contributed by atoms with Gasteiger partial charge in [-0.2, -0.15) is 0 Å². The third-order valence-electron chi connectivity index (χ3n) is 4.62. The van der Waals surface area contributed by atoms with Gasteiger partial charge in [0.2, 0.25) is 5.91 Å². The molecule has 1 aliphatic heterocycles. The van der Waals surface area contributed by atoms with Gasteiger partial charge in [-0.3, -0.25) is 14.4 Å². The molecule has 0 bridgehead atoms. The average Bonchev–Trinajstić information content (AvgIpc) is 3.24. The Morgan fingerprint density at radius 3 is 2.78 bits per heavy atom. The highest BCUT2D eigenvalue weighted by Crippen LogP contribution is 2.23. The van der Waals surface area contributed by atoms with Gasteiger partial charge in [-0.15, -0.1) is 0 Å². The number of ketones is 1. The van der Waals surface area contributed by atoms with Gasteiger partial charge in [0.1, 0.15) is 5.82 Å². The molecular weight excluding hydrogens is 349 g/mol. The number of carbonyl (C=O) groups is 3. The highest BCUT2D eigenvalue weighted by atomic mass is 19.1. The molecule has 27 heavy (non-hydrogen) atoms. The van der Waals surface area contributed by atoms with Crippen LogP contribution < -0.4 is 10.2 Å². The molecule has 1 saturated heterocycles. The van der Waals surface area contributed by atoms with Gasteiger partial charge in [-0.05, 0) is 24.3 Å². The number of aromatic amines is 1. The smallest absolute Gasteiger partial charge is 0.292 e. The summed E-state index contributed by atoms with van der Waals surface area (Å²) in [7, 11) is 0. The number of hydrogen-bond acceptors (Lipinski definition) is 3. The fourth-order valence-corrected chi connectivity index (χ4v) is 3.33. The van der Waals surface area contributed by atoms with E-state index in [-0.39, 0.29) is 24.4 Å². The Bertz CT molecular complexity index is 1060. The zero-order valence-electron chi connectivity index (χ0n) is 14.2. The molecule has 2 aromatic carbocycles. The van der Waals surface area contributed by atoms with E-state index in [1.807, 2.05) is 12.1 Å². The lowest BCUT2D eigenvalue weighted by Gasteiger charge is -2.17. The Morgan fingerprint density at radius 2 is 1.96 bits per heavy atom. The molecule has 1 aliphatic rings. The van der Waals surface area contributed by atoms with Crippen LogP contribution in [0.1, 0.15) is 16.8 Å². The van der Waals surface area contributed by atoms with E-state index in [0.717, 1.165) is 5.52 Å². The molecule has 0 saturated carbocycles. The summed E-state index contributed by atoms with van der Waals surface area (Å²) in [6.45, 7) is 0.190. The summed E-state index contributed by atoms with van der Waals surface area (Å²) in [6, 6.07) is 12.4. The van der Waals surface area contributed by atoms with Crippen molar-refractivity contribution < 1.29 is 18.8 Å². The number of H-pyrrole nitrogens is 1. The predicted molar refractivity (Wildman–Crippen MR) is 97.9 cm³/mol. The van der Waals surface area contributed by atoms with Crippen LogP contribution in [0.25, 0.3) is 10.9 Å². The number of hydrogen-bond donors (Lipinski definition) is 2. The van der Waals surface area contributed by atoms with Crippen molar-refractivity contribution in [3.63, 3.8) is 0 Å². The van der Waals surface area contributed by atoms with Crippen molar-refractivity contribution in [3.8, 4) is 0 Å². The van der Waals surface area contributed by atoms with E-state index in [2.05, 4.69) is 10.3 Å². The van der Waals surface area contributed by atoms with Crippen molar-refractivity contribution in [2.45, 2.75) is 12.5 Å². The first-order valence-electron chi connectivity index (χ1n) is 8.50. The van der Waals surface area contributed by atoms with Crippen LogP contribution in [0.5, 0.6) is 0 Å². The van der Waals surface area contributed by atoms with Crippen molar-refractivity contribution in [1.82, 2.24) is 10.3 Å². The number of anilines is 1. The summed E-state index contributed by atoms with van der Waals surface area (Å²) in [5.74, 6) is -2.10. The van der Waals surface area contributed by atoms with Gasteiger partial charge in [0.15, 0.2) is 0 Å². The maximum absolute atomic E-state index is 13.4. The van der Waals surface area contributed by atoms with Gasteiger partial charge in [0.25, 0.3) is 11.7 Å². The van der Waals surface area contributed by atoms with Crippen LogP contribution in [0, 0.1) is 5.82 Å². The molecule has 1 aromatic heterocycles. The van der Waals surface area contributed by atoms with E-state index in [0.29, 0.717) is 11.1 Å². The zero-order chi connectivity index (χ0) is 19.0. The fraction of sp³-hybridized carbons (Fsp3) is 0.150. The third kappa shape index (κ3) is 3.19. The summed E-state index contributed by atoms with van der Waals surface area (Å²) in [5.41, 5.74) is 1.48. The van der Waals surface area contributed by atoms with Gasteiger partial charge in [0.05, 0.1) is 11.6 Å². The largest absolute Gasteiger partial charge is 0.360 e. The van der Waals surface area contributed by atoms with Crippen molar-refractivity contribution in [2.24, 2.45) is 0 Å². The lowest BCUT2D eigenvalue weighted by molar-refractivity contribution is -0.118. The van der Waals surface area contributed by atoms with E-state index < -0.39 is 23.5 Å². The number of nitrogens with zero attached hydrogens (tertiary/aromatic N) is 1. The molecule has 136 valence electrons. The van der Waals surface area contributed by atoms with Crippen LogP contribution >= 0.6 is 0 Å². The number of para-hydroxylation sites is 1. The molecule has 1 atom stereocenters. The van der Waals surface area contributed by atoms with Crippen molar-refractivity contribution in [3.05, 3.63) is 66.1 Å². The second kappa shape index (κ2) is 6.68.